The smallest absolute Gasteiger partial charge is 0.201 e. The molecule has 412 valence electrons. The summed E-state index contributed by atoms with van der Waals surface area (Å²) in [6.45, 7) is 40.4. The van der Waals surface area contributed by atoms with Crippen molar-refractivity contribution in [1.29, 1.82) is 0 Å². The van der Waals surface area contributed by atoms with Gasteiger partial charge in [0.25, 0.3) is 0 Å². The van der Waals surface area contributed by atoms with Crippen molar-refractivity contribution in [3.63, 3.8) is 0 Å². The number of aryl methyl sites for hydroxylation is 12. The van der Waals surface area contributed by atoms with Crippen molar-refractivity contribution in [1.82, 2.24) is 0 Å². The van der Waals surface area contributed by atoms with Gasteiger partial charge in [0, 0.05) is 68.8 Å². The molecule has 78 heavy (non-hydrogen) atoms. The summed E-state index contributed by atoms with van der Waals surface area (Å²) in [6.07, 6.45) is 13.6. The molecule has 0 aliphatic rings. The fourth-order valence-electron chi connectivity index (χ4n) is 10.6. The lowest BCUT2D eigenvalue weighted by atomic mass is 9.86. The Morgan fingerprint density at radius 1 is 0.308 bits per heavy atom. The van der Waals surface area contributed by atoms with Crippen molar-refractivity contribution in [2.24, 2.45) is 50.9 Å². The minimum absolute atomic E-state index is 0.313. The third-order valence-electron chi connectivity index (χ3n) is 14.7. The predicted molar refractivity (Wildman–Crippen MR) is 334 cm³/mol. The van der Waals surface area contributed by atoms with Gasteiger partial charge in [0.15, 0.2) is 24.8 Å². The van der Waals surface area contributed by atoms with Crippen LogP contribution in [0.25, 0.3) is 45.0 Å². The summed E-state index contributed by atoms with van der Waals surface area (Å²) < 4.78 is 8.99. The summed E-state index contributed by atoms with van der Waals surface area (Å²) in [5.41, 5.74) is 27.8. The van der Waals surface area contributed by atoms with Crippen molar-refractivity contribution < 1.29 is 18.3 Å². The number of hydrogen-bond acceptors (Lipinski definition) is 0. The van der Waals surface area contributed by atoms with Gasteiger partial charge >= 0.3 is 0 Å². The largest absolute Gasteiger partial charge is 0.212 e. The third-order valence-corrected chi connectivity index (χ3v) is 14.7. The van der Waals surface area contributed by atoms with Crippen LogP contribution in [0.3, 0.4) is 0 Å². The highest BCUT2D eigenvalue weighted by Crippen LogP contribution is 2.29. The summed E-state index contributed by atoms with van der Waals surface area (Å²) in [5.74, 6) is 1.39. The van der Waals surface area contributed by atoms with Crippen molar-refractivity contribution in [3.05, 3.63) is 213 Å². The Morgan fingerprint density at radius 2 is 0.577 bits per heavy atom. The topological polar surface area (TPSA) is 15.5 Å². The molecule has 4 nitrogen and oxygen atoms in total. The van der Waals surface area contributed by atoms with E-state index in [1.165, 1.54) is 112 Å². The molecule has 8 aromatic rings. The molecular formula is C74H100N4+4. The second-order valence-electron chi connectivity index (χ2n) is 25.8. The van der Waals surface area contributed by atoms with Gasteiger partial charge in [0.1, 0.15) is 28.2 Å². The SMILES string of the molecule is Cc1c[n+](C)c(-c2ccccc2C)cc1CC(C)(C)C.Cc1c[n+](C)c(-c2ccccc2C)cc1CC(C)C.Cc1cc(-c2ccccc2C)[n+](C)cc1CC(C)(C)C.Cc1cc(-c2ccccc2C)[n+](C)cc1CC(C)C. The van der Waals surface area contributed by atoms with E-state index in [1.807, 2.05) is 0 Å². The molecule has 0 unspecified atom stereocenters. The number of rotatable bonds is 10. The zero-order valence-electron chi connectivity index (χ0n) is 52.6. The standard InChI is InChI=1S/2C19H26N.2C18H24N/c1-14-9-7-8-10-17(14)18-11-16(12-19(3,4)5)15(2)13-20(18)6;1-14-9-7-8-10-17(14)18-11-15(2)16(13-20(18)6)12-19(3,4)5;1-13(2)10-16-11-18(19(5)12-15(16)4)17-9-7-6-8-14(17)3;1-13(2)10-16-12-19(5)18(11-15(16)4)17-9-7-6-8-14(17)3/h2*7-11,13H,12H2,1-6H3;2*6-9,11-13H,10H2,1-5H3/q4*+1. The summed E-state index contributed by atoms with van der Waals surface area (Å²) in [7, 11) is 8.56. The first kappa shape index (κ1) is 62.3. The Labute approximate surface area is 475 Å². The second kappa shape index (κ2) is 27.4. The van der Waals surface area contributed by atoms with E-state index in [0.29, 0.717) is 22.7 Å². The van der Waals surface area contributed by atoms with Crippen molar-refractivity contribution in [3.8, 4) is 45.0 Å². The minimum atomic E-state index is 0.313. The summed E-state index contributed by atoms with van der Waals surface area (Å²) >= 11 is 0. The maximum atomic E-state index is 2.36. The zero-order valence-corrected chi connectivity index (χ0v) is 52.6. The number of pyridine rings is 4. The lowest BCUT2D eigenvalue weighted by molar-refractivity contribution is -0.661. The Balaban J connectivity index is 0.000000192. The van der Waals surface area contributed by atoms with E-state index in [2.05, 4.69) is 317 Å². The molecule has 4 aromatic heterocycles. The van der Waals surface area contributed by atoms with E-state index >= 15 is 0 Å². The maximum Gasteiger partial charge on any atom is 0.212 e. The average Bonchev–Trinajstić information content (AvgIpc) is 3.35. The van der Waals surface area contributed by atoms with Crippen LogP contribution >= 0.6 is 0 Å². The first-order valence-corrected chi connectivity index (χ1v) is 28.7. The van der Waals surface area contributed by atoms with Crippen LogP contribution in [0, 0.1) is 78.1 Å². The molecule has 0 amide bonds. The molecule has 4 heteroatoms. The fraction of sp³-hybridized carbons (Fsp3) is 0.405. The predicted octanol–water partition coefficient (Wildman–Crippen LogP) is 16.8. The highest BCUT2D eigenvalue weighted by atomic mass is 14.9. The van der Waals surface area contributed by atoms with E-state index in [9.17, 15) is 0 Å². The normalized spacial score (nSPS) is 11.4. The van der Waals surface area contributed by atoms with Crippen LogP contribution in [0.15, 0.2) is 146 Å². The highest BCUT2D eigenvalue weighted by Gasteiger charge is 2.22. The molecule has 4 aromatic carbocycles. The molecule has 0 aliphatic heterocycles. The molecule has 0 radical (unpaired) electrons. The van der Waals surface area contributed by atoms with Gasteiger partial charge in [0.05, 0.1) is 0 Å². The van der Waals surface area contributed by atoms with E-state index in [0.717, 1.165) is 25.7 Å². The molecule has 0 fully saturated rings. The Morgan fingerprint density at radius 3 is 0.923 bits per heavy atom. The number of nitrogens with zero attached hydrogens (tertiary/aromatic N) is 4. The molecule has 0 atom stereocenters. The Kier molecular flexibility index (Phi) is 21.9. The molecule has 0 bridgehead atoms. The third kappa shape index (κ3) is 17.8. The van der Waals surface area contributed by atoms with Gasteiger partial charge in [-0.05, 0) is 173 Å². The second-order valence-corrected chi connectivity index (χ2v) is 25.8. The van der Waals surface area contributed by atoms with Gasteiger partial charge in [-0.15, -0.1) is 0 Å². The van der Waals surface area contributed by atoms with Gasteiger partial charge in [-0.1, -0.05) is 142 Å². The van der Waals surface area contributed by atoms with Crippen LogP contribution in [0.4, 0.5) is 0 Å². The lowest BCUT2D eigenvalue weighted by Gasteiger charge is -2.19. The van der Waals surface area contributed by atoms with Crippen LogP contribution in [0.2, 0.25) is 0 Å². The monoisotopic (exact) mass is 1040 g/mol. The first-order chi connectivity index (χ1) is 36.5. The molecule has 0 spiro atoms. The molecule has 0 saturated carbocycles. The van der Waals surface area contributed by atoms with Crippen LogP contribution in [0.1, 0.15) is 136 Å². The molecular weight excluding hydrogens is 945 g/mol. The minimum Gasteiger partial charge on any atom is -0.201 e. The average molecular weight is 1050 g/mol. The number of benzene rings is 4. The summed E-state index contributed by atoms with van der Waals surface area (Å²) in [6, 6.07) is 43.7. The number of aromatic nitrogens is 4. The van der Waals surface area contributed by atoms with E-state index in [-0.39, 0.29) is 0 Å². The number of hydrogen-bond donors (Lipinski definition) is 0. The summed E-state index contributed by atoms with van der Waals surface area (Å²) in [4.78, 5) is 0. The molecule has 8 rings (SSSR count). The summed E-state index contributed by atoms with van der Waals surface area (Å²) in [5, 5.41) is 0. The fourth-order valence-corrected chi connectivity index (χ4v) is 10.6. The highest BCUT2D eigenvalue weighted by molar-refractivity contribution is 5.64. The maximum absolute atomic E-state index is 2.36. The van der Waals surface area contributed by atoms with Gasteiger partial charge in [-0.2, -0.15) is 0 Å². The van der Waals surface area contributed by atoms with Gasteiger partial charge < -0.3 is 0 Å². The molecule has 0 saturated heterocycles. The molecule has 0 N–H and O–H groups in total. The van der Waals surface area contributed by atoms with Crippen LogP contribution in [-0.2, 0) is 53.9 Å². The molecule has 4 heterocycles. The lowest BCUT2D eigenvalue weighted by Crippen LogP contribution is -2.32. The van der Waals surface area contributed by atoms with Crippen LogP contribution in [0.5, 0.6) is 0 Å². The van der Waals surface area contributed by atoms with Crippen molar-refractivity contribution in [2.75, 3.05) is 0 Å². The quantitative estimate of drug-likeness (QED) is 0.121. The van der Waals surface area contributed by atoms with Crippen LogP contribution < -0.4 is 18.3 Å². The first-order valence-electron chi connectivity index (χ1n) is 28.7. The Hall–Kier alpha value is -6.52. The Bertz CT molecular complexity index is 3280. The van der Waals surface area contributed by atoms with E-state index in [1.54, 1.807) is 0 Å². The molecule has 0 aliphatic carbocycles. The van der Waals surface area contributed by atoms with E-state index in [4.69, 9.17) is 0 Å². The van der Waals surface area contributed by atoms with Gasteiger partial charge in [-0.25, -0.2) is 18.3 Å². The zero-order chi connectivity index (χ0) is 57.8. The van der Waals surface area contributed by atoms with Crippen molar-refractivity contribution >= 4 is 0 Å². The van der Waals surface area contributed by atoms with Gasteiger partial charge in [0.2, 0.25) is 22.8 Å². The van der Waals surface area contributed by atoms with Gasteiger partial charge in [-0.3, -0.25) is 0 Å². The van der Waals surface area contributed by atoms with Crippen LogP contribution in [-0.4, -0.2) is 0 Å². The van der Waals surface area contributed by atoms with E-state index < -0.39 is 0 Å². The van der Waals surface area contributed by atoms with Crippen molar-refractivity contribution in [2.45, 2.75) is 150 Å².